The molecule has 0 aliphatic heterocycles. The molecule has 0 aliphatic rings. The highest BCUT2D eigenvalue weighted by atomic mass is 35.5. The Hall–Kier alpha value is -1.48. The van der Waals surface area contributed by atoms with Crippen LogP contribution in [0.1, 0.15) is 17.2 Å². The Labute approximate surface area is 132 Å². The number of rotatable bonds is 6. The van der Waals surface area contributed by atoms with Gasteiger partial charge in [0, 0.05) is 25.4 Å². The van der Waals surface area contributed by atoms with E-state index in [1.165, 1.54) is 23.0 Å². The lowest BCUT2D eigenvalue weighted by molar-refractivity contribution is 0.182. The van der Waals surface area contributed by atoms with Gasteiger partial charge in [-0.3, -0.25) is 4.68 Å². The van der Waals surface area contributed by atoms with Gasteiger partial charge in [-0.25, -0.2) is 17.5 Å². The molecule has 6 nitrogen and oxygen atoms in total. The molecule has 0 aliphatic carbocycles. The van der Waals surface area contributed by atoms with Gasteiger partial charge in [-0.05, 0) is 17.7 Å². The quantitative estimate of drug-likeness (QED) is 0.826. The topological polar surface area (TPSA) is 84.2 Å². The summed E-state index contributed by atoms with van der Waals surface area (Å²) in [4.78, 5) is 0. The molecule has 0 radical (unpaired) electrons. The molecular formula is C13H15ClFN3O3S. The van der Waals surface area contributed by atoms with Crippen LogP contribution >= 0.6 is 11.6 Å². The summed E-state index contributed by atoms with van der Waals surface area (Å²) in [6, 6.07) is 3.71. The van der Waals surface area contributed by atoms with Gasteiger partial charge in [0.25, 0.3) is 0 Å². The van der Waals surface area contributed by atoms with E-state index >= 15 is 0 Å². The molecule has 2 N–H and O–H groups in total. The summed E-state index contributed by atoms with van der Waals surface area (Å²) in [7, 11) is -1.99. The van der Waals surface area contributed by atoms with Gasteiger partial charge in [-0.15, -0.1) is 0 Å². The summed E-state index contributed by atoms with van der Waals surface area (Å²) in [5.74, 6) is -0.963. The Bertz CT molecular complexity index is 764. The molecule has 0 unspecified atom stereocenters. The lowest BCUT2D eigenvalue weighted by Gasteiger charge is -2.11. The number of halogens is 2. The fourth-order valence-corrected chi connectivity index (χ4v) is 3.17. The maximum Gasteiger partial charge on any atom is 0.215 e. The highest BCUT2D eigenvalue weighted by molar-refractivity contribution is 7.88. The lowest BCUT2D eigenvalue weighted by Crippen LogP contribution is -2.29. The third kappa shape index (κ3) is 4.51. The molecule has 1 heterocycles. The molecule has 0 saturated heterocycles. The molecule has 9 heteroatoms. The van der Waals surface area contributed by atoms with E-state index in [2.05, 4.69) is 9.82 Å². The number of nitrogens with one attached hydrogen (secondary N) is 1. The molecule has 1 aromatic carbocycles. The van der Waals surface area contributed by atoms with E-state index in [0.29, 0.717) is 11.1 Å². The maximum absolute atomic E-state index is 13.0. The molecule has 120 valence electrons. The predicted octanol–water partition coefficient (Wildman–Crippen LogP) is 1.37. The van der Waals surface area contributed by atoms with Crippen LogP contribution < -0.4 is 4.72 Å². The molecular weight excluding hydrogens is 333 g/mol. The summed E-state index contributed by atoms with van der Waals surface area (Å²) >= 11 is 5.61. The number of hydrogen-bond donors (Lipinski definition) is 2. The van der Waals surface area contributed by atoms with E-state index < -0.39 is 21.9 Å². The fraction of sp³-hybridized carbons (Fsp3) is 0.308. The summed E-state index contributed by atoms with van der Waals surface area (Å²) in [6.45, 7) is -0.178. The summed E-state index contributed by atoms with van der Waals surface area (Å²) < 4.78 is 40.8. The zero-order chi connectivity index (χ0) is 16.3. The number of aliphatic hydroxyl groups is 1. The molecule has 1 aromatic heterocycles. The molecule has 0 fully saturated rings. The lowest BCUT2D eigenvalue weighted by atomic mass is 10.2. The number of sulfonamides is 1. The van der Waals surface area contributed by atoms with Crippen LogP contribution in [0.15, 0.2) is 30.6 Å². The molecule has 1 atom stereocenters. The van der Waals surface area contributed by atoms with Crippen molar-refractivity contribution in [3.05, 3.63) is 52.6 Å². The predicted molar refractivity (Wildman–Crippen MR) is 80.2 cm³/mol. The first-order valence-corrected chi connectivity index (χ1v) is 8.38. The minimum atomic E-state index is -3.68. The number of aliphatic hydroxyl groups excluding tert-OH is 1. The standard InChI is InChI=1S/C13H15ClFN3O3S/c1-18-7-10(5-16-18)13(19)6-17-22(20,21)8-9-2-3-12(15)11(14)4-9/h2-5,7,13,17,19H,6,8H2,1H3/t13-/m1/s1. The van der Waals surface area contributed by atoms with Crippen LogP contribution in [-0.2, 0) is 22.8 Å². The number of aromatic nitrogens is 2. The highest BCUT2D eigenvalue weighted by Gasteiger charge is 2.16. The van der Waals surface area contributed by atoms with E-state index in [1.807, 2.05) is 0 Å². The summed E-state index contributed by atoms with van der Waals surface area (Å²) in [5, 5.41) is 13.7. The van der Waals surface area contributed by atoms with Crippen LogP contribution in [0.3, 0.4) is 0 Å². The molecule has 22 heavy (non-hydrogen) atoms. The van der Waals surface area contributed by atoms with Gasteiger partial charge in [0.2, 0.25) is 10.0 Å². The van der Waals surface area contributed by atoms with E-state index in [0.717, 1.165) is 6.07 Å². The average molecular weight is 348 g/mol. The van der Waals surface area contributed by atoms with Crippen molar-refractivity contribution in [2.24, 2.45) is 7.05 Å². The number of nitrogens with zero attached hydrogens (tertiary/aromatic N) is 2. The molecule has 0 saturated carbocycles. The first-order chi connectivity index (χ1) is 10.3. The normalized spacial score (nSPS) is 13.3. The van der Waals surface area contributed by atoms with Crippen molar-refractivity contribution in [1.82, 2.24) is 14.5 Å². The van der Waals surface area contributed by atoms with Crippen molar-refractivity contribution >= 4 is 21.6 Å². The third-order valence-electron chi connectivity index (χ3n) is 2.95. The second kappa shape index (κ2) is 6.74. The van der Waals surface area contributed by atoms with Crippen LogP contribution in [0.4, 0.5) is 4.39 Å². The SMILES string of the molecule is Cn1cc([C@H](O)CNS(=O)(=O)Cc2ccc(F)c(Cl)c2)cn1. The smallest absolute Gasteiger partial charge is 0.215 e. The largest absolute Gasteiger partial charge is 0.387 e. The van der Waals surface area contributed by atoms with Gasteiger partial charge >= 0.3 is 0 Å². The van der Waals surface area contributed by atoms with Crippen LogP contribution in [0.2, 0.25) is 5.02 Å². The number of benzene rings is 1. The molecule has 2 rings (SSSR count). The van der Waals surface area contributed by atoms with E-state index in [1.54, 1.807) is 13.2 Å². The van der Waals surface area contributed by atoms with Gasteiger partial charge in [-0.2, -0.15) is 5.10 Å². The maximum atomic E-state index is 13.0. The molecule has 0 spiro atoms. The first kappa shape index (κ1) is 16.9. The van der Waals surface area contributed by atoms with Crippen molar-refractivity contribution in [1.29, 1.82) is 0 Å². The second-order valence-electron chi connectivity index (χ2n) is 4.82. The van der Waals surface area contributed by atoms with Crippen LogP contribution in [-0.4, -0.2) is 29.8 Å². The van der Waals surface area contributed by atoms with Gasteiger partial charge < -0.3 is 5.11 Å². The minimum absolute atomic E-state index is 0.136. The van der Waals surface area contributed by atoms with E-state index in [9.17, 15) is 17.9 Å². The zero-order valence-electron chi connectivity index (χ0n) is 11.7. The van der Waals surface area contributed by atoms with Crippen molar-refractivity contribution in [3.63, 3.8) is 0 Å². The third-order valence-corrected chi connectivity index (χ3v) is 4.56. The van der Waals surface area contributed by atoms with Gasteiger partial charge in [0.15, 0.2) is 0 Å². The highest BCUT2D eigenvalue weighted by Crippen LogP contribution is 2.17. The Kier molecular flexibility index (Phi) is 5.17. The molecule has 0 amide bonds. The number of hydrogen-bond acceptors (Lipinski definition) is 4. The Morgan fingerprint density at radius 3 is 2.82 bits per heavy atom. The fourth-order valence-electron chi connectivity index (χ4n) is 1.84. The Morgan fingerprint density at radius 2 is 2.23 bits per heavy atom. The summed E-state index contributed by atoms with van der Waals surface area (Å²) in [5.41, 5.74) is 0.866. The zero-order valence-corrected chi connectivity index (χ0v) is 13.3. The van der Waals surface area contributed by atoms with Gasteiger partial charge in [0.1, 0.15) is 5.82 Å². The first-order valence-electron chi connectivity index (χ1n) is 6.35. The summed E-state index contributed by atoms with van der Waals surface area (Å²) in [6.07, 6.45) is 2.05. The molecule has 2 aromatic rings. The van der Waals surface area contributed by atoms with E-state index in [-0.39, 0.29) is 17.3 Å². The Morgan fingerprint density at radius 1 is 1.50 bits per heavy atom. The van der Waals surface area contributed by atoms with Gasteiger partial charge in [0.05, 0.1) is 23.1 Å². The molecule has 0 bridgehead atoms. The van der Waals surface area contributed by atoms with Crippen molar-refractivity contribution in [2.45, 2.75) is 11.9 Å². The monoisotopic (exact) mass is 347 g/mol. The van der Waals surface area contributed by atoms with Crippen LogP contribution in [0.5, 0.6) is 0 Å². The number of aryl methyl sites for hydroxylation is 1. The Balaban J connectivity index is 1.97. The minimum Gasteiger partial charge on any atom is -0.387 e. The average Bonchev–Trinajstić information content (AvgIpc) is 2.87. The second-order valence-corrected chi connectivity index (χ2v) is 7.03. The van der Waals surface area contributed by atoms with E-state index in [4.69, 9.17) is 11.6 Å². The van der Waals surface area contributed by atoms with Crippen LogP contribution in [0, 0.1) is 5.82 Å². The van der Waals surface area contributed by atoms with Crippen molar-refractivity contribution in [3.8, 4) is 0 Å². The van der Waals surface area contributed by atoms with Gasteiger partial charge in [-0.1, -0.05) is 17.7 Å². The van der Waals surface area contributed by atoms with Crippen molar-refractivity contribution < 1.29 is 17.9 Å². The van der Waals surface area contributed by atoms with Crippen molar-refractivity contribution in [2.75, 3.05) is 6.54 Å². The van der Waals surface area contributed by atoms with Crippen LogP contribution in [0.25, 0.3) is 0 Å².